The van der Waals surface area contributed by atoms with Gasteiger partial charge in [0.05, 0.1) is 12.2 Å². The quantitative estimate of drug-likeness (QED) is 0.483. The number of morpholine rings is 1. The number of carbonyl (C=O) groups excluding carboxylic acids is 1. The molecule has 1 saturated heterocycles. The van der Waals surface area contributed by atoms with Gasteiger partial charge in [0, 0.05) is 25.2 Å². The Morgan fingerprint density at radius 3 is 2.68 bits per heavy atom. The molecule has 0 saturated carbocycles. The Morgan fingerprint density at radius 1 is 1.42 bits per heavy atom. The highest BCUT2D eigenvalue weighted by Crippen LogP contribution is 2.18. The molecule has 0 spiro atoms. The zero-order valence-electron chi connectivity index (χ0n) is 11.5. The standard InChI is InChI=1S/C14H21N3O2/c1-14(2)10-17(7-8-19-14)9-11-3-5-12(6-4-11)13(18)16-15/h3-6H,7-10,15H2,1-2H3,(H,16,18). The number of carbonyl (C=O) groups is 1. The highest BCUT2D eigenvalue weighted by Gasteiger charge is 2.26. The smallest absolute Gasteiger partial charge is 0.265 e. The second kappa shape index (κ2) is 5.69. The van der Waals surface area contributed by atoms with E-state index in [0.29, 0.717) is 5.56 Å². The Balaban J connectivity index is 1.98. The Kier molecular flexibility index (Phi) is 4.19. The highest BCUT2D eigenvalue weighted by atomic mass is 16.5. The lowest BCUT2D eigenvalue weighted by Gasteiger charge is -2.38. The van der Waals surface area contributed by atoms with E-state index in [1.165, 1.54) is 5.56 Å². The minimum absolute atomic E-state index is 0.0857. The first-order chi connectivity index (χ1) is 9.00. The van der Waals surface area contributed by atoms with E-state index in [4.69, 9.17) is 10.6 Å². The van der Waals surface area contributed by atoms with Crippen LogP contribution in [-0.2, 0) is 11.3 Å². The number of hydrogen-bond donors (Lipinski definition) is 2. The van der Waals surface area contributed by atoms with Crippen LogP contribution in [0, 0.1) is 0 Å². The van der Waals surface area contributed by atoms with Crippen molar-refractivity contribution in [2.24, 2.45) is 5.84 Å². The minimum Gasteiger partial charge on any atom is -0.373 e. The molecule has 5 heteroatoms. The summed E-state index contributed by atoms with van der Waals surface area (Å²) in [5, 5.41) is 0. The van der Waals surface area contributed by atoms with Crippen LogP contribution in [0.1, 0.15) is 29.8 Å². The third-order valence-electron chi connectivity index (χ3n) is 3.26. The van der Waals surface area contributed by atoms with Crippen molar-refractivity contribution in [2.45, 2.75) is 26.0 Å². The molecular weight excluding hydrogens is 242 g/mol. The topological polar surface area (TPSA) is 67.6 Å². The van der Waals surface area contributed by atoms with Gasteiger partial charge in [-0.3, -0.25) is 15.1 Å². The molecule has 1 aromatic rings. The molecule has 104 valence electrons. The van der Waals surface area contributed by atoms with Gasteiger partial charge < -0.3 is 4.74 Å². The maximum atomic E-state index is 11.3. The maximum Gasteiger partial charge on any atom is 0.265 e. The van der Waals surface area contributed by atoms with E-state index in [9.17, 15) is 4.79 Å². The Hall–Kier alpha value is -1.43. The molecule has 1 heterocycles. The average molecular weight is 263 g/mol. The molecule has 1 aromatic carbocycles. The average Bonchev–Trinajstić information content (AvgIpc) is 2.37. The predicted octanol–water partition coefficient (Wildman–Crippen LogP) is 0.901. The van der Waals surface area contributed by atoms with E-state index in [1.54, 1.807) is 12.1 Å². The molecule has 0 radical (unpaired) electrons. The third kappa shape index (κ3) is 3.76. The zero-order chi connectivity index (χ0) is 13.9. The fourth-order valence-corrected chi connectivity index (χ4v) is 2.35. The van der Waals surface area contributed by atoms with Crippen molar-refractivity contribution < 1.29 is 9.53 Å². The Bertz CT molecular complexity index is 443. The largest absolute Gasteiger partial charge is 0.373 e. The summed E-state index contributed by atoms with van der Waals surface area (Å²) in [4.78, 5) is 13.7. The van der Waals surface area contributed by atoms with E-state index >= 15 is 0 Å². The number of nitrogen functional groups attached to an aromatic ring is 1. The predicted molar refractivity (Wildman–Crippen MR) is 73.4 cm³/mol. The van der Waals surface area contributed by atoms with Crippen LogP contribution in [-0.4, -0.2) is 36.1 Å². The van der Waals surface area contributed by atoms with Crippen LogP contribution >= 0.6 is 0 Å². The molecule has 5 nitrogen and oxygen atoms in total. The highest BCUT2D eigenvalue weighted by molar-refractivity contribution is 5.93. The summed E-state index contributed by atoms with van der Waals surface area (Å²) in [6.07, 6.45) is 0. The first kappa shape index (κ1) is 14.0. The molecule has 0 aliphatic carbocycles. The number of hydrazine groups is 1. The molecule has 0 bridgehead atoms. The van der Waals surface area contributed by atoms with E-state index in [1.807, 2.05) is 12.1 Å². The molecule has 0 aromatic heterocycles. The van der Waals surface area contributed by atoms with Crippen molar-refractivity contribution in [3.63, 3.8) is 0 Å². The number of benzene rings is 1. The number of ether oxygens (including phenoxy) is 1. The summed E-state index contributed by atoms with van der Waals surface area (Å²) in [6.45, 7) is 7.70. The second-order valence-electron chi connectivity index (χ2n) is 5.49. The van der Waals surface area contributed by atoms with Gasteiger partial charge in [-0.05, 0) is 31.5 Å². The molecule has 1 aliphatic rings. The van der Waals surface area contributed by atoms with E-state index in [2.05, 4.69) is 24.2 Å². The Morgan fingerprint density at radius 2 is 2.11 bits per heavy atom. The molecule has 19 heavy (non-hydrogen) atoms. The third-order valence-corrected chi connectivity index (χ3v) is 3.26. The molecule has 2 rings (SSSR count). The monoisotopic (exact) mass is 263 g/mol. The fraction of sp³-hybridized carbons (Fsp3) is 0.500. The maximum absolute atomic E-state index is 11.3. The van der Waals surface area contributed by atoms with Gasteiger partial charge in [-0.2, -0.15) is 0 Å². The first-order valence-corrected chi connectivity index (χ1v) is 6.46. The van der Waals surface area contributed by atoms with Crippen LogP contribution in [0.3, 0.4) is 0 Å². The van der Waals surface area contributed by atoms with Crippen LogP contribution in [0.15, 0.2) is 24.3 Å². The summed E-state index contributed by atoms with van der Waals surface area (Å²) >= 11 is 0. The lowest BCUT2D eigenvalue weighted by atomic mass is 10.1. The van der Waals surface area contributed by atoms with Gasteiger partial charge >= 0.3 is 0 Å². The number of amides is 1. The van der Waals surface area contributed by atoms with Crippen molar-refractivity contribution in [3.05, 3.63) is 35.4 Å². The molecule has 1 fully saturated rings. The normalized spacial score (nSPS) is 19.1. The van der Waals surface area contributed by atoms with Gasteiger partial charge in [0.15, 0.2) is 0 Å². The molecular formula is C14H21N3O2. The van der Waals surface area contributed by atoms with Gasteiger partial charge in [0.2, 0.25) is 0 Å². The zero-order valence-corrected chi connectivity index (χ0v) is 11.5. The molecule has 3 N–H and O–H groups in total. The van der Waals surface area contributed by atoms with Crippen molar-refractivity contribution in [3.8, 4) is 0 Å². The lowest BCUT2D eigenvalue weighted by molar-refractivity contribution is -0.0882. The number of nitrogens with one attached hydrogen (secondary N) is 1. The fourth-order valence-electron chi connectivity index (χ4n) is 2.35. The SMILES string of the molecule is CC1(C)CN(Cc2ccc(C(=O)NN)cc2)CCO1. The molecule has 1 aliphatic heterocycles. The van der Waals surface area contributed by atoms with Crippen molar-refractivity contribution in [1.82, 2.24) is 10.3 Å². The summed E-state index contributed by atoms with van der Waals surface area (Å²) in [5.74, 6) is 4.83. The Labute approximate surface area is 113 Å². The summed E-state index contributed by atoms with van der Waals surface area (Å²) in [7, 11) is 0. The summed E-state index contributed by atoms with van der Waals surface area (Å²) in [5.41, 5.74) is 3.81. The van der Waals surface area contributed by atoms with Crippen LogP contribution in [0.4, 0.5) is 0 Å². The summed E-state index contributed by atoms with van der Waals surface area (Å²) < 4.78 is 5.69. The van der Waals surface area contributed by atoms with Gasteiger partial charge in [0.1, 0.15) is 0 Å². The van der Waals surface area contributed by atoms with Gasteiger partial charge in [-0.25, -0.2) is 5.84 Å². The number of hydrogen-bond acceptors (Lipinski definition) is 4. The van der Waals surface area contributed by atoms with E-state index in [0.717, 1.165) is 26.2 Å². The minimum atomic E-state index is -0.265. The van der Waals surface area contributed by atoms with E-state index < -0.39 is 0 Å². The molecule has 0 atom stereocenters. The summed E-state index contributed by atoms with van der Waals surface area (Å²) in [6, 6.07) is 7.52. The van der Waals surface area contributed by atoms with Crippen molar-refractivity contribution >= 4 is 5.91 Å². The lowest BCUT2D eigenvalue weighted by Crippen LogP contribution is -2.47. The first-order valence-electron chi connectivity index (χ1n) is 6.46. The van der Waals surface area contributed by atoms with Crippen molar-refractivity contribution in [2.75, 3.05) is 19.7 Å². The van der Waals surface area contributed by atoms with Gasteiger partial charge in [-0.1, -0.05) is 12.1 Å². The van der Waals surface area contributed by atoms with Crippen molar-refractivity contribution in [1.29, 1.82) is 0 Å². The van der Waals surface area contributed by atoms with Crippen LogP contribution in [0.25, 0.3) is 0 Å². The van der Waals surface area contributed by atoms with Gasteiger partial charge in [-0.15, -0.1) is 0 Å². The van der Waals surface area contributed by atoms with Crippen LogP contribution in [0.5, 0.6) is 0 Å². The van der Waals surface area contributed by atoms with Crippen LogP contribution < -0.4 is 11.3 Å². The van der Waals surface area contributed by atoms with Crippen LogP contribution in [0.2, 0.25) is 0 Å². The number of rotatable bonds is 3. The molecule has 1 amide bonds. The van der Waals surface area contributed by atoms with E-state index in [-0.39, 0.29) is 11.5 Å². The number of nitrogens with zero attached hydrogens (tertiary/aromatic N) is 1. The second-order valence-corrected chi connectivity index (χ2v) is 5.49. The van der Waals surface area contributed by atoms with Gasteiger partial charge in [0.25, 0.3) is 5.91 Å². The number of nitrogens with two attached hydrogens (primary N) is 1. The molecule has 0 unspecified atom stereocenters.